The van der Waals surface area contributed by atoms with Crippen LogP contribution in [0.4, 0.5) is 22.2 Å². The molecule has 10 nitrogen and oxygen atoms in total. The summed E-state index contributed by atoms with van der Waals surface area (Å²) in [6, 6.07) is 26.5. The van der Waals surface area contributed by atoms with Crippen LogP contribution in [0.2, 0.25) is 0 Å². The summed E-state index contributed by atoms with van der Waals surface area (Å²) in [5.41, 5.74) is 2.39. The van der Waals surface area contributed by atoms with Gasteiger partial charge in [-0.1, -0.05) is 60.7 Å². The van der Waals surface area contributed by atoms with E-state index in [0.717, 1.165) is 11.4 Å². The number of carbonyl (C=O) groups is 1. The van der Waals surface area contributed by atoms with Gasteiger partial charge in [0.15, 0.2) is 5.13 Å². The first-order valence-electron chi connectivity index (χ1n) is 14.8. The Morgan fingerprint density at radius 3 is 1.65 bits per heavy atom. The van der Waals surface area contributed by atoms with E-state index in [-0.39, 0.29) is 21.4 Å². The van der Waals surface area contributed by atoms with Crippen LogP contribution in [0.5, 0.6) is 0 Å². The molecule has 1 N–H and O–H groups in total. The summed E-state index contributed by atoms with van der Waals surface area (Å²) in [4.78, 5) is 19.5. The van der Waals surface area contributed by atoms with Gasteiger partial charge in [-0.3, -0.25) is 4.79 Å². The molecule has 13 heteroatoms. The number of hydrogen-bond acceptors (Lipinski definition) is 9. The van der Waals surface area contributed by atoms with Crippen molar-refractivity contribution < 1.29 is 21.6 Å². The van der Waals surface area contributed by atoms with E-state index >= 15 is 0 Å². The minimum atomic E-state index is -4.79. The molecule has 5 aromatic carbocycles. The van der Waals surface area contributed by atoms with E-state index in [1.165, 1.54) is 42.5 Å². The Labute approximate surface area is 284 Å². The number of amides is 1. The third kappa shape index (κ3) is 5.84. The zero-order valence-corrected chi connectivity index (χ0v) is 29.3. The van der Waals surface area contributed by atoms with Crippen LogP contribution in [-0.4, -0.2) is 55.9 Å². The van der Waals surface area contributed by atoms with Gasteiger partial charge in [-0.05, 0) is 36.4 Å². The lowest BCUT2D eigenvalue weighted by Gasteiger charge is -2.26. The van der Waals surface area contributed by atoms with Crippen molar-refractivity contribution in [1.82, 2.24) is 4.98 Å². The molecule has 0 bridgehead atoms. The number of nitrogens with zero attached hydrogens (tertiary/aromatic N) is 4. The van der Waals surface area contributed by atoms with E-state index in [9.17, 15) is 21.6 Å². The molecule has 0 radical (unpaired) electrons. The Hall–Kier alpha value is -4.98. The average Bonchev–Trinajstić information content (AvgIpc) is 3.51. The van der Waals surface area contributed by atoms with Gasteiger partial charge in [0.1, 0.15) is 0 Å². The second kappa shape index (κ2) is 12.6. The van der Waals surface area contributed by atoms with Crippen molar-refractivity contribution in [3.05, 3.63) is 102 Å². The maximum absolute atomic E-state index is 15.0. The minimum Gasteiger partial charge on any atom is -0.377 e. The van der Waals surface area contributed by atoms with Crippen LogP contribution in [0.25, 0.3) is 32.8 Å². The normalized spacial score (nSPS) is 11.9. The highest BCUT2D eigenvalue weighted by molar-refractivity contribution is 8.10. The molecule has 0 saturated carbocycles. The van der Waals surface area contributed by atoms with Gasteiger partial charge in [-0.2, -0.15) is 20.5 Å². The first-order chi connectivity index (χ1) is 22.8. The summed E-state index contributed by atoms with van der Waals surface area (Å²) in [5, 5.41) is 6.79. The summed E-state index contributed by atoms with van der Waals surface area (Å²) in [7, 11) is -2.15. The number of fused-ring (bicyclic) bond motifs is 2. The van der Waals surface area contributed by atoms with E-state index in [2.05, 4.69) is 10.3 Å². The highest BCUT2D eigenvalue weighted by Crippen LogP contribution is 2.40. The fourth-order valence-electron chi connectivity index (χ4n) is 5.74. The Bertz CT molecular complexity index is 2300. The predicted molar refractivity (Wildman–Crippen MR) is 195 cm³/mol. The van der Waals surface area contributed by atoms with Gasteiger partial charge in [0.25, 0.3) is 20.0 Å². The maximum Gasteiger partial charge on any atom is 0.278 e. The topological polar surface area (TPSA) is 120 Å². The van der Waals surface area contributed by atoms with Gasteiger partial charge >= 0.3 is 0 Å². The maximum atomic E-state index is 15.0. The number of anilines is 4. The van der Waals surface area contributed by atoms with Crippen molar-refractivity contribution in [2.24, 2.45) is 0 Å². The minimum absolute atomic E-state index is 0.0943. The van der Waals surface area contributed by atoms with Crippen LogP contribution in [0.15, 0.2) is 112 Å². The molecule has 1 amide bonds. The third-order valence-corrected chi connectivity index (χ3v) is 12.9. The summed E-state index contributed by atoms with van der Waals surface area (Å²) >= 11 is 1.20. The molecule has 48 heavy (non-hydrogen) atoms. The number of rotatable bonds is 9. The zero-order chi connectivity index (χ0) is 34.4. The highest BCUT2D eigenvalue weighted by Gasteiger charge is 2.39. The lowest BCUT2D eigenvalue weighted by Crippen LogP contribution is -2.37. The Kier molecular flexibility index (Phi) is 8.62. The van der Waals surface area contributed by atoms with E-state index in [1.807, 2.05) is 62.3 Å². The van der Waals surface area contributed by atoms with Gasteiger partial charge in [0.2, 0.25) is 5.91 Å². The molecule has 0 spiro atoms. The van der Waals surface area contributed by atoms with Crippen LogP contribution in [0, 0.1) is 0 Å². The van der Waals surface area contributed by atoms with Crippen molar-refractivity contribution in [2.45, 2.75) is 16.7 Å². The molecule has 0 atom stereocenters. The first kappa shape index (κ1) is 32.9. The average molecular weight is 700 g/mol. The van der Waals surface area contributed by atoms with Crippen molar-refractivity contribution >= 4 is 81.0 Å². The molecule has 1 aromatic heterocycles. The van der Waals surface area contributed by atoms with Crippen LogP contribution in [0.1, 0.15) is 6.92 Å². The van der Waals surface area contributed by atoms with E-state index in [1.54, 1.807) is 53.9 Å². The molecule has 6 rings (SSSR count). The van der Waals surface area contributed by atoms with Crippen LogP contribution in [-0.2, 0) is 24.8 Å². The van der Waals surface area contributed by atoms with Gasteiger partial charge < -0.3 is 15.1 Å². The fraction of sp³-hybridized carbons (Fsp3) is 0.143. The number of sulfonamides is 2. The molecule has 0 fully saturated rings. The molecule has 0 aliphatic carbocycles. The Morgan fingerprint density at radius 2 is 1.15 bits per heavy atom. The van der Waals surface area contributed by atoms with Crippen molar-refractivity contribution in [3.63, 3.8) is 0 Å². The molecule has 6 aromatic rings. The monoisotopic (exact) mass is 699 g/mol. The fourth-order valence-corrected chi connectivity index (χ4v) is 10.6. The van der Waals surface area contributed by atoms with Crippen LogP contribution in [0.3, 0.4) is 0 Å². The summed E-state index contributed by atoms with van der Waals surface area (Å²) < 4.78 is 60.5. The summed E-state index contributed by atoms with van der Waals surface area (Å²) in [6.45, 7) is 1.37. The van der Waals surface area contributed by atoms with E-state index in [4.69, 9.17) is 0 Å². The lowest BCUT2D eigenvalue weighted by molar-refractivity contribution is -0.114. The number of benzene rings is 5. The molecule has 1 heterocycles. The standard InChI is InChI=1S/C35H33N5O5S3/c1-23(41)36-35-37-30(22-46-35)24-11-6-12-25(21-24)40(47(42,43)33-19-9-13-26-28(33)15-7-17-31(26)38(2)3)48(44,45)34-20-10-14-27-29(34)16-8-18-32(27)39(4)5/h6-22H,1-5H3,(H,36,37,41). The molecular weight excluding hydrogens is 667 g/mol. The number of aromatic nitrogens is 1. The van der Waals surface area contributed by atoms with Crippen molar-refractivity contribution in [1.29, 1.82) is 0 Å². The van der Waals surface area contributed by atoms with E-state index in [0.29, 0.717) is 41.6 Å². The summed E-state index contributed by atoms with van der Waals surface area (Å²) in [6.07, 6.45) is 0. The quantitative estimate of drug-likeness (QED) is 0.175. The SMILES string of the molecule is CC(=O)Nc1nc(-c2cccc(N(S(=O)(=O)c3cccc4c(N(C)C)cccc34)S(=O)(=O)c3cccc4c(N(C)C)cccc34)c2)cs1. The predicted octanol–water partition coefficient (Wildman–Crippen LogP) is 6.79. The molecule has 0 aliphatic rings. The third-order valence-electron chi connectivity index (χ3n) is 7.81. The number of carbonyl (C=O) groups excluding carboxylic acids is 1. The van der Waals surface area contributed by atoms with Crippen LogP contribution >= 0.6 is 11.3 Å². The second-order valence-electron chi connectivity index (χ2n) is 11.5. The smallest absolute Gasteiger partial charge is 0.278 e. The lowest BCUT2D eigenvalue weighted by atomic mass is 10.1. The molecule has 0 aliphatic heterocycles. The first-order valence-corrected chi connectivity index (χ1v) is 18.6. The Balaban J connectivity index is 1.62. The van der Waals surface area contributed by atoms with Gasteiger partial charge in [0, 0.05) is 79.0 Å². The van der Waals surface area contributed by atoms with E-state index < -0.39 is 20.0 Å². The van der Waals surface area contributed by atoms with Gasteiger partial charge in [-0.15, -0.1) is 11.3 Å². The van der Waals surface area contributed by atoms with Crippen LogP contribution < -0.4 is 18.8 Å². The largest absolute Gasteiger partial charge is 0.377 e. The van der Waals surface area contributed by atoms with Gasteiger partial charge in [0.05, 0.1) is 21.2 Å². The van der Waals surface area contributed by atoms with Crippen molar-refractivity contribution in [3.8, 4) is 11.3 Å². The summed E-state index contributed by atoms with van der Waals surface area (Å²) in [5.74, 6) is -0.284. The second-order valence-corrected chi connectivity index (χ2v) is 16.1. The molecule has 0 saturated heterocycles. The molecule has 246 valence electrons. The molecular formula is C35H33N5O5S3. The number of nitrogens with one attached hydrogen (secondary N) is 1. The zero-order valence-electron chi connectivity index (χ0n) is 26.9. The number of hydrogen-bond donors (Lipinski definition) is 1. The number of thiazole rings is 1. The molecule has 0 unspecified atom stereocenters. The highest BCUT2D eigenvalue weighted by atomic mass is 32.3. The van der Waals surface area contributed by atoms with Crippen molar-refractivity contribution in [2.75, 3.05) is 47.0 Å². The Morgan fingerprint density at radius 1 is 0.667 bits per heavy atom. The van der Waals surface area contributed by atoms with Gasteiger partial charge in [-0.25, -0.2) is 4.98 Å².